The maximum atomic E-state index is 12.2. The van der Waals surface area contributed by atoms with Crippen molar-refractivity contribution in [2.75, 3.05) is 24.1 Å². The number of anilines is 2. The van der Waals surface area contributed by atoms with Crippen molar-refractivity contribution < 1.29 is 29.6 Å². The Morgan fingerprint density at radius 1 is 1.11 bits per heavy atom. The number of aliphatic carboxylic acids is 1. The Bertz CT molecular complexity index is 1230. The molecule has 0 saturated carbocycles. The molecule has 0 spiro atoms. The van der Waals surface area contributed by atoms with Crippen molar-refractivity contribution in [2.45, 2.75) is 50.7 Å². The standard InChI is InChI=1S/C23H29N7O6/c1-2-25-21(35)18-16(33)17(34)22(36-18)30-11-27-15-19(24)28-23(29-20(15)30)26-10-9-13-5-3-12(4-6-13)7-8-14(31)32/h3-6,11,16-18,22,33-34H,2,7-10H2,1H3,(H,25,35)(H,31,32)(H3,24,26,28,29)/t16-,17+,18?,22?/m0/s1. The number of aromatic nitrogens is 4. The predicted molar refractivity (Wildman–Crippen MR) is 129 cm³/mol. The molecule has 4 rings (SSSR count). The van der Waals surface area contributed by atoms with E-state index in [1.54, 1.807) is 6.92 Å². The van der Waals surface area contributed by atoms with Crippen molar-refractivity contribution in [3.05, 3.63) is 41.7 Å². The second-order valence-corrected chi connectivity index (χ2v) is 8.47. The molecular formula is C23H29N7O6. The summed E-state index contributed by atoms with van der Waals surface area (Å²) >= 11 is 0. The quantitative estimate of drug-likeness (QED) is 0.217. The van der Waals surface area contributed by atoms with Crippen LogP contribution in [-0.4, -0.2) is 78.1 Å². The summed E-state index contributed by atoms with van der Waals surface area (Å²) in [6.45, 7) is 2.59. The van der Waals surface area contributed by atoms with Gasteiger partial charge in [0.25, 0.3) is 5.91 Å². The average molecular weight is 500 g/mol. The lowest BCUT2D eigenvalue weighted by Gasteiger charge is -2.16. The van der Waals surface area contributed by atoms with Gasteiger partial charge >= 0.3 is 5.97 Å². The molecular weight excluding hydrogens is 470 g/mol. The van der Waals surface area contributed by atoms with Crippen molar-refractivity contribution in [1.82, 2.24) is 24.8 Å². The maximum absolute atomic E-state index is 12.2. The van der Waals surface area contributed by atoms with Crippen molar-refractivity contribution in [3.8, 4) is 0 Å². The fourth-order valence-corrected chi connectivity index (χ4v) is 4.03. The van der Waals surface area contributed by atoms with Crippen LogP contribution in [0.4, 0.5) is 11.8 Å². The van der Waals surface area contributed by atoms with Crippen LogP contribution in [0.15, 0.2) is 30.6 Å². The van der Waals surface area contributed by atoms with E-state index in [9.17, 15) is 19.8 Å². The highest BCUT2D eigenvalue weighted by atomic mass is 16.6. The third-order valence-electron chi connectivity index (χ3n) is 5.92. The van der Waals surface area contributed by atoms with Gasteiger partial charge < -0.3 is 36.4 Å². The molecule has 1 fully saturated rings. The van der Waals surface area contributed by atoms with Gasteiger partial charge in [-0.15, -0.1) is 0 Å². The fraction of sp³-hybridized carbons (Fsp3) is 0.435. The minimum Gasteiger partial charge on any atom is -0.481 e. The fourth-order valence-electron chi connectivity index (χ4n) is 4.03. The van der Waals surface area contributed by atoms with Crippen LogP contribution in [0.3, 0.4) is 0 Å². The van der Waals surface area contributed by atoms with E-state index in [1.165, 1.54) is 10.9 Å². The van der Waals surface area contributed by atoms with Crippen molar-refractivity contribution in [3.63, 3.8) is 0 Å². The smallest absolute Gasteiger partial charge is 0.303 e. The molecule has 7 N–H and O–H groups in total. The van der Waals surface area contributed by atoms with Crippen molar-refractivity contribution in [1.29, 1.82) is 0 Å². The molecule has 3 heterocycles. The van der Waals surface area contributed by atoms with Gasteiger partial charge in [-0.25, -0.2) is 4.98 Å². The van der Waals surface area contributed by atoms with Gasteiger partial charge in [0.2, 0.25) is 5.95 Å². The number of likely N-dealkylation sites (N-methyl/N-ethyl adjacent to an activating group) is 1. The first kappa shape index (κ1) is 25.3. The molecule has 1 aromatic carbocycles. The zero-order chi connectivity index (χ0) is 25.8. The summed E-state index contributed by atoms with van der Waals surface area (Å²) in [5.41, 5.74) is 8.65. The number of benzene rings is 1. The SMILES string of the molecule is CCNC(=O)C1OC(n2cnc3c(N)nc(NCCc4ccc(CCC(=O)O)cc4)nc32)[C@H](O)[C@@H]1O. The van der Waals surface area contributed by atoms with Crippen LogP contribution in [0, 0.1) is 0 Å². The highest BCUT2D eigenvalue weighted by Gasteiger charge is 2.47. The average Bonchev–Trinajstić information content (AvgIpc) is 3.40. The number of imidazole rings is 1. The van der Waals surface area contributed by atoms with Crippen LogP contribution in [0.5, 0.6) is 0 Å². The number of carbonyl (C=O) groups excluding carboxylic acids is 1. The first-order valence-electron chi connectivity index (χ1n) is 11.6. The summed E-state index contributed by atoms with van der Waals surface area (Å²) in [4.78, 5) is 35.8. The molecule has 2 unspecified atom stereocenters. The summed E-state index contributed by atoms with van der Waals surface area (Å²) in [6.07, 6.45) is -2.56. The summed E-state index contributed by atoms with van der Waals surface area (Å²) in [5.74, 6) is -0.985. The predicted octanol–water partition coefficient (Wildman–Crippen LogP) is -0.164. The molecule has 4 atom stereocenters. The minimum absolute atomic E-state index is 0.0905. The van der Waals surface area contributed by atoms with Crippen LogP contribution in [0.2, 0.25) is 0 Å². The molecule has 0 aliphatic carbocycles. The first-order valence-corrected chi connectivity index (χ1v) is 11.6. The zero-order valence-electron chi connectivity index (χ0n) is 19.7. The number of rotatable bonds is 10. The number of carbonyl (C=O) groups is 2. The van der Waals surface area contributed by atoms with Crippen LogP contribution < -0.4 is 16.4 Å². The first-order chi connectivity index (χ1) is 17.3. The van der Waals surface area contributed by atoms with Gasteiger partial charge in [-0.05, 0) is 30.9 Å². The van der Waals surface area contributed by atoms with Gasteiger partial charge in [-0.1, -0.05) is 24.3 Å². The Kier molecular flexibility index (Phi) is 7.62. The molecule has 1 aliphatic heterocycles. The summed E-state index contributed by atoms with van der Waals surface area (Å²) in [6, 6.07) is 7.71. The third-order valence-corrected chi connectivity index (χ3v) is 5.92. The minimum atomic E-state index is -1.42. The number of nitrogen functional groups attached to an aromatic ring is 1. The number of hydrogen-bond acceptors (Lipinski definition) is 10. The van der Waals surface area contributed by atoms with E-state index in [2.05, 4.69) is 25.6 Å². The van der Waals surface area contributed by atoms with E-state index < -0.39 is 36.4 Å². The van der Waals surface area contributed by atoms with Gasteiger partial charge in [0.05, 0.1) is 6.33 Å². The van der Waals surface area contributed by atoms with E-state index in [1.807, 2.05) is 24.3 Å². The summed E-state index contributed by atoms with van der Waals surface area (Å²) < 4.78 is 7.09. The normalized spacial score (nSPS) is 21.5. The Hall–Kier alpha value is -3.81. The Labute approximate surface area is 206 Å². The molecule has 1 aliphatic rings. The third kappa shape index (κ3) is 5.37. The molecule has 1 amide bonds. The number of aliphatic hydroxyl groups is 2. The Balaban J connectivity index is 1.45. The number of ether oxygens (including phenoxy) is 1. The van der Waals surface area contributed by atoms with E-state index in [0.717, 1.165) is 11.1 Å². The number of aliphatic hydroxyl groups excluding tert-OH is 2. The van der Waals surface area contributed by atoms with Gasteiger partial charge in [0.1, 0.15) is 17.7 Å². The van der Waals surface area contributed by atoms with Gasteiger partial charge in [-0.2, -0.15) is 9.97 Å². The van der Waals surface area contributed by atoms with Crippen LogP contribution in [-0.2, 0) is 27.2 Å². The number of carboxylic acid groups (broad SMARTS) is 1. The van der Waals surface area contributed by atoms with E-state index in [4.69, 9.17) is 15.6 Å². The number of nitrogens with zero attached hydrogens (tertiary/aromatic N) is 4. The molecule has 2 aromatic heterocycles. The largest absolute Gasteiger partial charge is 0.481 e. The Morgan fingerprint density at radius 2 is 1.81 bits per heavy atom. The van der Waals surface area contributed by atoms with Gasteiger partial charge in [-0.3, -0.25) is 14.2 Å². The number of nitrogens with one attached hydrogen (secondary N) is 2. The maximum Gasteiger partial charge on any atom is 0.303 e. The lowest BCUT2D eigenvalue weighted by Crippen LogP contribution is -2.42. The van der Waals surface area contributed by atoms with Crippen LogP contribution in [0.25, 0.3) is 11.2 Å². The molecule has 0 radical (unpaired) electrons. The lowest BCUT2D eigenvalue weighted by atomic mass is 10.1. The number of carboxylic acids is 1. The molecule has 3 aromatic rings. The number of hydrogen-bond donors (Lipinski definition) is 6. The van der Waals surface area contributed by atoms with Crippen molar-refractivity contribution in [2.24, 2.45) is 0 Å². The number of aryl methyl sites for hydroxylation is 1. The van der Waals surface area contributed by atoms with Crippen LogP contribution >= 0.6 is 0 Å². The lowest BCUT2D eigenvalue weighted by molar-refractivity contribution is -0.138. The second-order valence-electron chi connectivity index (χ2n) is 8.47. The number of nitrogens with two attached hydrogens (primary N) is 1. The molecule has 13 heteroatoms. The zero-order valence-corrected chi connectivity index (χ0v) is 19.7. The van der Waals surface area contributed by atoms with E-state index in [-0.39, 0.29) is 23.8 Å². The molecule has 192 valence electrons. The number of fused-ring (bicyclic) bond motifs is 1. The van der Waals surface area contributed by atoms with E-state index >= 15 is 0 Å². The Morgan fingerprint density at radius 3 is 2.47 bits per heavy atom. The molecule has 13 nitrogen and oxygen atoms in total. The summed E-state index contributed by atoms with van der Waals surface area (Å²) in [7, 11) is 0. The monoisotopic (exact) mass is 499 g/mol. The van der Waals surface area contributed by atoms with E-state index in [0.29, 0.717) is 31.4 Å². The van der Waals surface area contributed by atoms with Crippen molar-refractivity contribution >= 4 is 34.8 Å². The number of amides is 1. The van der Waals surface area contributed by atoms with Crippen LogP contribution in [0.1, 0.15) is 30.7 Å². The highest BCUT2D eigenvalue weighted by Crippen LogP contribution is 2.32. The second kappa shape index (κ2) is 10.8. The van der Waals surface area contributed by atoms with Gasteiger partial charge in [0.15, 0.2) is 23.8 Å². The highest BCUT2D eigenvalue weighted by molar-refractivity contribution is 5.83. The molecule has 0 bridgehead atoms. The van der Waals surface area contributed by atoms with Gasteiger partial charge in [0, 0.05) is 19.5 Å². The summed E-state index contributed by atoms with van der Waals surface area (Å²) in [5, 5.41) is 35.4. The molecule has 1 saturated heterocycles. The molecule has 36 heavy (non-hydrogen) atoms. The topological polar surface area (TPSA) is 198 Å².